The minimum Gasteiger partial charge on any atom is -0.486 e. The number of para-hydroxylation sites is 1. The van der Waals surface area contributed by atoms with E-state index in [0.29, 0.717) is 28.0 Å². The van der Waals surface area contributed by atoms with Crippen LogP contribution in [0.4, 0.5) is 11.4 Å². The normalized spacial score (nSPS) is 14.8. The standard InChI is InChI=1S/C31H22Cl2N2O2/c32-26-17-23(18-27(33)29(26)37-19-20-8-2-1-3-9-20)30-34-28-13-7-6-12-25(28)31(36)35(30)24-15-14-21-10-4-5-11-22(21)16-24/h1-18,30,34H,19H2. The van der Waals surface area contributed by atoms with Crippen LogP contribution in [0.2, 0.25) is 10.0 Å². The fourth-order valence-corrected chi connectivity index (χ4v) is 5.30. The Bertz CT molecular complexity index is 1600. The van der Waals surface area contributed by atoms with Gasteiger partial charge in [-0.3, -0.25) is 9.69 Å². The van der Waals surface area contributed by atoms with E-state index in [1.54, 1.807) is 17.0 Å². The Balaban J connectivity index is 1.40. The summed E-state index contributed by atoms with van der Waals surface area (Å²) in [5.41, 5.74) is 3.89. The lowest BCUT2D eigenvalue weighted by atomic mass is 10.0. The van der Waals surface area contributed by atoms with Gasteiger partial charge in [0.1, 0.15) is 12.8 Å². The first-order valence-electron chi connectivity index (χ1n) is 11.9. The van der Waals surface area contributed by atoms with Gasteiger partial charge >= 0.3 is 0 Å². The predicted octanol–water partition coefficient (Wildman–Crippen LogP) is 8.50. The fourth-order valence-electron chi connectivity index (χ4n) is 4.68. The smallest absolute Gasteiger partial charge is 0.262 e. The summed E-state index contributed by atoms with van der Waals surface area (Å²) in [4.78, 5) is 15.6. The Labute approximate surface area is 225 Å². The number of halogens is 2. The van der Waals surface area contributed by atoms with Crippen molar-refractivity contribution in [2.24, 2.45) is 0 Å². The highest BCUT2D eigenvalue weighted by atomic mass is 35.5. The summed E-state index contributed by atoms with van der Waals surface area (Å²) < 4.78 is 5.97. The van der Waals surface area contributed by atoms with Crippen molar-refractivity contribution in [1.29, 1.82) is 0 Å². The molecule has 0 bridgehead atoms. The summed E-state index contributed by atoms with van der Waals surface area (Å²) in [7, 11) is 0. The van der Waals surface area contributed by atoms with Crippen molar-refractivity contribution in [3.8, 4) is 5.75 Å². The number of nitrogens with one attached hydrogen (secondary N) is 1. The highest BCUT2D eigenvalue weighted by molar-refractivity contribution is 6.37. The zero-order valence-electron chi connectivity index (χ0n) is 19.7. The van der Waals surface area contributed by atoms with E-state index in [1.165, 1.54) is 0 Å². The quantitative estimate of drug-likeness (QED) is 0.250. The SMILES string of the molecule is O=C1c2ccccc2NC(c2cc(Cl)c(OCc3ccccc3)c(Cl)c2)N1c1ccc2ccccc2c1. The van der Waals surface area contributed by atoms with Crippen LogP contribution >= 0.6 is 23.2 Å². The highest BCUT2D eigenvalue weighted by Crippen LogP contribution is 2.42. The molecular weight excluding hydrogens is 503 g/mol. The summed E-state index contributed by atoms with van der Waals surface area (Å²) in [6.07, 6.45) is -0.526. The van der Waals surface area contributed by atoms with Crippen molar-refractivity contribution in [3.05, 3.63) is 136 Å². The molecule has 1 aliphatic heterocycles. The van der Waals surface area contributed by atoms with Crippen LogP contribution in [0.5, 0.6) is 5.75 Å². The molecule has 1 amide bonds. The number of hydrogen-bond donors (Lipinski definition) is 1. The number of benzene rings is 5. The van der Waals surface area contributed by atoms with E-state index in [1.807, 2.05) is 91.0 Å². The first kappa shape index (κ1) is 23.4. The number of ether oxygens (including phenoxy) is 1. The molecule has 0 aliphatic carbocycles. The van der Waals surface area contributed by atoms with Gasteiger partial charge in [0.25, 0.3) is 5.91 Å². The molecule has 5 aromatic carbocycles. The Hall–Kier alpha value is -3.99. The maximum Gasteiger partial charge on any atom is 0.262 e. The Morgan fingerprint density at radius 3 is 2.22 bits per heavy atom. The number of hydrogen-bond acceptors (Lipinski definition) is 3. The molecule has 37 heavy (non-hydrogen) atoms. The number of fused-ring (bicyclic) bond motifs is 2. The van der Waals surface area contributed by atoms with Crippen molar-refractivity contribution in [3.63, 3.8) is 0 Å². The van der Waals surface area contributed by atoms with Crippen LogP contribution in [0, 0.1) is 0 Å². The van der Waals surface area contributed by atoms with Crippen molar-refractivity contribution in [1.82, 2.24) is 0 Å². The number of amides is 1. The first-order valence-corrected chi connectivity index (χ1v) is 12.7. The van der Waals surface area contributed by atoms with E-state index in [2.05, 4.69) is 11.4 Å². The summed E-state index contributed by atoms with van der Waals surface area (Å²) in [5.74, 6) is 0.307. The van der Waals surface area contributed by atoms with Gasteiger partial charge in [0, 0.05) is 11.4 Å². The van der Waals surface area contributed by atoms with Crippen LogP contribution in [-0.4, -0.2) is 5.91 Å². The lowest BCUT2D eigenvalue weighted by molar-refractivity contribution is 0.0975. The second-order valence-electron chi connectivity index (χ2n) is 8.89. The molecule has 5 aromatic rings. The lowest BCUT2D eigenvalue weighted by Crippen LogP contribution is -2.43. The van der Waals surface area contributed by atoms with Crippen molar-refractivity contribution in [2.75, 3.05) is 10.2 Å². The van der Waals surface area contributed by atoms with E-state index in [-0.39, 0.29) is 5.91 Å². The van der Waals surface area contributed by atoms with E-state index in [0.717, 1.165) is 33.3 Å². The van der Waals surface area contributed by atoms with Crippen molar-refractivity contribution >= 4 is 51.3 Å². The highest BCUT2D eigenvalue weighted by Gasteiger charge is 2.34. The van der Waals surface area contributed by atoms with E-state index in [9.17, 15) is 4.79 Å². The molecule has 0 saturated heterocycles. The minimum absolute atomic E-state index is 0.105. The van der Waals surface area contributed by atoms with Gasteiger partial charge in [0.15, 0.2) is 5.75 Å². The van der Waals surface area contributed by atoms with E-state index in [4.69, 9.17) is 27.9 Å². The number of rotatable bonds is 5. The lowest BCUT2D eigenvalue weighted by Gasteiger charge is -2.38. The minimum atomic E-state index is -0.526. The van der Waals surface area contributed by atoms with Gasteiger partial charge in [0.05, 0.1) is 15.6 Å². The topological polar surface area (TPSA) is 41.6 Å². The Morgan fingerprint density at radius 1 is 0.757 bits per heavy atom. The monoisotopic (exact) mass is 524 g/mol. The third-order valence-corrected chi connectivity index (χ3v) is 7.06. The Kier molecular flexibility index (Phi) is 6.21. The number of carbonyl (C=O) groups is 1. The van der Waals surface area contributed by atoms with Crippen molar-refractivity contribution in [2.45, 2.75) is 12.8 Å². The maximum absolute atomic E-state index is 13.8. The molecule has 1 heterocycles. The largest absolute Gasteiger partial charge is 0.486 e. The second kappa shape index (κ2) is 9.81. The molecule has 0 saturated carbocycles. The molecule has 6 heteroatoms. The molecule has 0 spiro atoms. The summed E-state index contributed by atoms with van der Waals surface area (Å²) in [6, 6.07) is 35.0. The molecule has 6 rings (SSSR count). The molecule has 0 aromatic heterocycles. The fraction of sp³-hybridized carbons (Fsp3) is 0.0645. The molecule has 182 valence electrons. The summed E-state index contributed by atoms with van der Waals surface area (Å²) in [5, 5.41) is 6.43. The van der Waals surface area contributed by atoms with E-state index < -0.39 is 6.17 Å². The average Bonchev–Trinajstić information content (AvgIpc) is 2.93. The zero-order valence-corrected chi connectivity index (χ0v) is 21.2. The third-order valence-electron chi connectivity index (χ3n) is 6.50. The van der Waals surface area contributed by atoms with Gasteiger partial charge in [-0.1, -0.05) is 96.0 Å². The second-order valence-corrected chi connectivity index (χ2v) is 9.70. The molecule has 1 unspecified atom stereocenters. The van der Waals surface area contributed by atoms with Gasteiger partial charge in [-0.15, -0.1) is 0 Å². The maximum atomic E-state index is 13.8. The molecule has 4 nitrogen and oxygen atoms in total. The van der Waals surface area contributed by atoms with E-state index >= 15 is 0 Å². The number of anilines is 2. The molecular formula is C31H22Cl2N2O2. The predicted molar refractivity (Wildman–Crippen MR) is 151 cm³/mol. The van der Waals surface area contributed by atoms with Gasteiger partial charge in [-0.2, -0.15) is 0 Å². The van der Waals surface area contributed by atoms with Crippen LogP contribution in [-0.2, 0) is 6.61 Å². The molecule has 0 radical (unpaired) electrons. The summed E-state index contributed by atoms with van der Waals surface area (Å²) >= 11 is 13.4. The van der Waals surface area contributed by atoms with Crippen LogP contribution in [0.15, 0.2) is 109 Å². The zero-order chi connectivity index (χ0) is 25.4. The molecule has 1 atom stereocenters. The van der Waals surface area contributed by atoms with Gasteiger partial charge < -0.3 is 10.1 Å². The molecule has 1 aliphatic rings. The number of nitrogens with zero attached hydrogens (tertiary/aromatic N) is 1. The van der Waals surface area contributed by atoms with Crippen LogP contribution < -0.4 is 15.0 Å². The average molecular weight is 525 g/mol. The first-order chi connectivity index (χ1) is 18.1. The van der Waals surface area contributed by atoms with Gasteiger partial charge in [-0.25, -0.2) is 0 Å². The number of carbonyl (C=O) groups excluding carboxylic acids is 1. The van der Waals surface area contributed by atoms with Crippen LogP contribution in [0.3, 0.4) is 0 Å². The van der Waals surface area contributed by atoms with Crippen molar-refractivity contribution < 1.29 is 9.53 Å². The molecule has 1 N–H and O–H groups in total. The third kappa shape index (κ3) is 4.50. The Morgan fingerprint density at radius 2 is 1.43 bits per heavy atom. The summed E-state index contributed by atoms with van der Waals surface area (Å²) in [6.45, 7) is 0.344. The van der Waals surface area contributed by atoms with Crippen LogP contribution in [0.25, 0.3) is 10.8 Å². The molecule has 0 fully saturated rings. The van der Waals surface area contributed by atoms with Gasteiger partial charge in [-0.05, 0) is 58.3 Å². The van der Waals surface area contributed by atoms with Gasteiger partial charge in [0.2, 0.25) is 0 Å². The van der Waals surface area contributed by atoms with Crippen LogP contribution in [0.1, 0.15) is 27.7 Å².